The third-order valence-electron chi connectivity index (χ3n) is 4.00. The highest BCUT2D eigenvalue weighted by atomic mass is 16.2. The third-order valence-corrected chi connectivity index (χ3v) is 4.00. The molecule has 18 heavy (non-hydrogen) atoms. The van der Waals surface area contributed by atoms with Crippen molar-refractivity contribution in [1.29, 1.82) is 0 Å². The Morgan fingerprint density at radius 2 is 1.89 bits per heavy atom. The summed E-state index contributed by atoms with van der Waals surface area (Å²) in [6.07, 6.45) is 4.49. The van der Waals surface area contributed by atoms with Crippen molar-refractivity contribution >= 4 is 11.8 Å². The zero-order valence-corrected chi connectivity index (χ0v) is 11.1. The molecule has 2 N–H and O–H groups in total. The number of carbonyl (C=O) groups is 2. The van der Waals surface area contributed by atoms with E-state index in [-0.39, 0.29) is 17.9 Å². The molecule has 0 radical (unpaired) electrons. The Morgan fingerprint density at radius 1 is 1.22 bits per heavy atom. The van der Waals surface area contributed by atoms with E-state index in [1.54, 1.807) is 4.90 Å². The van der Waals surface area contributed by atoms with E-state index >= 15 is 0 Å². The second-order valence-electron chi connectivity index (χ2n) is 5.24. The molecule has 2 amide bonds. The van der Waals surface area contributed by atoms with Crippen LogP contribution in [-0.4, -0.2) is 53.3 Å². The molecular formula is C13H23N3O2. The van der Waals surface area contributed by atoms with E-state index in [2.05, 4.69) is 0 Å². The van der Waals surface area contributed by atoms with E-state index in [1.807, 2.05) is 11.8 Å². The van der Waals surface area contributed by atoms with Crippen LogP contribution in [0.1, 0.15) is 39.0 Å². The van der Waals surface area contributed by atoms with Crippen LogP contribution in [-0.2, 0) is 9.59 Å². The van der Waals surface area contributed by atoms with Gasteiger partial charge in [-0.3, -0.25) is 9.59 Å². The minimum absolute atomic E-state index is 0.0625. The predicted molar refractivity (Wildman–Crippen MR) is 68.8 cm³/mol. The quantitative estimate of drug-likeness (QED) is 0.788. The van der Waals surface area contributed by atoms with Gasteiger partial charge in [-0.15, -0.1) is 0 Å². The van der Waals surface area contributed by atoms with Gasteiger partial charge < -0.3 is 15.5 Å². The van der Waals surface area contributed by atoms with Crippen LogP contribution in [0.3, 0.4) is 0 Å². The van der Waals surface area contributed by atoms with Crippen molar-refractivity contribution in [3.63, 3.8) is 0 Å². The van der Waals surface area contributed by atoms with Gasteiger partial charge in [0, 0.05) is 19.6 Å². The van der Waals surface area contributed by atoms with Gasteiger partial charge in [0.05, 0.1) is 6.04 Å². The lowest BCUT2D eigenvalue weighted by molar-refractivity contribution is -0.143. The Labute approximate surface area is 108 Å². The van der Waals surface area contributed by atoms with Crippen molar-refractivity contribution < 1.29 is 9.59 Å². The van der Waals surface area contributed by atoms with Crippen LogP contribution in [0.2, 0.25) is 0 Å². The number of likely N-dealkylation sites (tertiary alicyclic amines) is 2. The number of amides is 2. The molecule has 0 aromatic heterocycles. The van der Waals surface area contributed by atoms with Crippen molar-refractivity contribution in [3.8, 4) is 0 Å². The summed E-state index contributed by atoms with van der Waals surface area (Å²) in [4.78, 5) is 28.1. The lowest BCUT2D eigenvalue weighted by atomic mass is 10.1. The summed E-state index contributed by atoms with van der Waals surface area (Å²) in [5, 5.41) is 0. The minimum atomic E-state index is -0.461. The van der Waals surface area contributed by atoms with E-state index < -0.39 is 6.04 Å². The van der Waals surface area contributed by atoms with E-state index in [0.717, 1.165) is 38.8 Å². The van der Waals surface area contributed by atoms with Crippen LogP contribution in [0, 0.1) is 0 Å². The largest absolute Gasteiger partial charge is 0.341 e. The predicted octanol–water partition coefficient (Wildman–Crippen LogP) is 0.337. The number of hydrogen-bond acceptors (Lipinski definition) is 3. The minimum Gasteiger partial charge on any atom is -0.341 e. The fourth-order valence-corrected chi connectivity index (χ4v) is 2.82. The van der Waals surface area contributed by atoms with Gasteiger partial charge in [0.15, 0.2) is 0 Å². The van der Waals surface area contributed by atoms with E-state index in [0.29, 0.717) is 13.0 Å². The smallest absolute Gasteiger partial charge is 0.245 e. The van der Waals surface area contributed by atoms with E-state index in [9.17, 15) is 9.59 Å². The molecule has 5 heteroatoms. The zero-order valence-electron chi connectivity index (χ0n) is 11.1. The summed E-state index contributed by atoms with van der Waals surface area (Å²) in [7, 11) is 0. The maximum atomic E-state index is 12.4. The summed E-state index contributed by atoms with van der Waals surface area (Å²) < 4.78 is 0. The van der Waals surface area contributed by atoms with Gasteiger partial charge in [0.25, 0.3) is 0 Å². The van der Waals surface area contributed by atoms with Crippen molar-refractivity contribution in [2.45, 2.75) is 51.1 Å². The molecule has 2 fully saturated rings. The van der Waals surface area contributed by atoms with E-state index in [1.165, 1.54) is 0 Å². The van der Waals surface area contributed by atoms with Gasteiger partial charge >= 0.3 is 0 Å². The van der Waals surface area contributed by atoms with Crippen LogP contribution >= 0.6 is 0 Å². The molecule has 2 saturated heterocycles. The average Bonchev–Trinajstić information content (AvgIpc) is 3.06. The van der Waals surface area contributed by atoms with Crippen molar-refractivity contribution in [3.05, 3.63) is 0 Å². The molecule has 2 atom stereocenters. The Hall–Kier alpha value is -1.10. The van der Waals surface area contributed by atoms with Gasteiger partial charge in [0.1, 0.15) is 6.04 Å². The molecule has 0 bridgehead atoms. The molecule has 2 heterocycles. The third kappa shape index (κ3) is 2.51. The molecule has 0 unspecified atom stereocenters. The van der Waals surface area contributed by atoms with Gasteiger partial charge in [-0.25, -0.2) is 0 Å². The van der Waals surface area contributed by atoms with Gasteiger partial charge in [0.2, 0.25) is 11.8 Å². The fraction of sp³-hybridized carbons (Fsp3) is 0.846. The Bertz CT molecular complexity index is 326. The summed E-state index contributed by atoms with van der Waals surface area (Å²) in [5.41, 5.74) is 5.80. The molecule has 0 aromatic carbocycles. The molecule has 102 valence electrons. The number of nitrogens with zero attached hydrogens (tertiary/aromatic N) is 2. The Morgan fingerprint density at radius 3 is 2.50 bits per heavy atom. The normalized spacial score (nSPS) is 25.6. The second kappa shape index (κ2) is 5.69. The number of rotatable bonds is 3. The van der Waals surface area contributed by atoms with Crippen molar-refractivity contribution in [1.82, 2.24) is 9.80 Å². The van der Waals surface area contributed by atoms with Gasteiger partial charge in [-0.1, -0.05) is 6.92 Å². The first-order valence-corrected chi connectivity index (χ1v) is 7.00. The Kier molecular flexibility index (Phi) is 4.22. The second-order valence-corrected chi connectivity index (χ2v) is 5.24. The maximum absolute atomic E-state index is 12.4. The summed E-state index contributed by atoms with van der Waals surface area (Å²) in [5.74, 6) is 0.0641. The highest BCUT2D eigenvalue weighted by Crippen LogP contribution is 2.22. The molecule has 0 saturated carbocycles. The topological polar surface area (TPSA) is 66.6 Å². The monoisotopic (exact) mass is 253 g/mol. The molecule has 0 spiro atoms. The van der Waals surface area contributed by atoms with Crippen LogP contribution in [0.5, 0.6) is 0 Å². The highest BCUT2D eigenvalue weighted by Gasteiger charge is 2.38. The lowest BCUT2D eigenvalue weighted by Crippen LogP contribution is -2.51. The van der Waals surface area contributed by atoms with Crippen LogP contribution in [0.25, 0.3) is 0 Å². The van der Waals surface area contributed by atoms with Crippen LogP contribution in [0.15, 0.2) is 0 Å². The highest BCUT2D eigenvalue weighted by molar-refractivity contribution is 5.90. The first kappa shape index (κ1) is 13.3. The first-order chi connectivity index (χ1) is 8.65. The molecule has 0 aromatic rings. The molecule has 2 aliphatic heterocycles. The van der Waals surface area contributed by atoms with Gasteiger partial charge in [-0.05, 0) is 32.1 Å². The fourth-order valence-electron chi connectivity index (χ4n) is 2.82. The van der Waals surface area contributed by atoms with Gasteiger partial charge in [-0.2, -0.15) is 0 Å². The number of nitrogens with two attached hydrogens (primary N) is 1. The average molecular weight is 253 g/mol. The zero-order chi connectivity index (χ0) is 13.1. The summed E-state index contributed by atoms with van der Waals surface area (Å²) in [6, 6.07) is -0.717. The van der Waals surface area contributed by atoms with Crippen molar-refractivity contribution in [2.24, 2.45) is 5.73 Å². The molecule has 5 nitrogen and oxygen atoms in total. The van der Waals surface area contributed by atoms with Crippen LogP contribution < -0.4 is 5.73 Å². The first-order valence-electron chi connectivity index (χ1n) is 7.00. The van der Waals surface area contributed by atoms with E-state index in [4.69, 9.17) is 5.73 Å². The summed E-state index contributed by atoms with van der Waals surface area (Å²) >= 11 is 0. The maximum Gasteiger partial charge on any atom is 0.245 e. The number of carbonyl (C=O) groups excluding carboxylic acids is 2. The molecule has 2 rings (SSSR count). The number of hydrogen-bond donors (Lipinski definition) is 1. The molecule has 2 aliphatic rings. The molecule has 0 aliphatic carbocycles. The van der Waals surface area contributed by atoms with Crippen molar-refractivity contribution in [2.75, 3.05) is 19.6 Å². The standard InChI is InChI=1S/C13H23N3O2/c1-2-10(14)12(17)16-9-5-6-11(16)13(18)15-7-3-4-8-15/h10-11H,2-9,14H2,1H3/t10-,11+/m0/s1. The SMILES string of the molecule is CC[C@H](N)C(=O)N1CCC[C@@H]1C(=O)N1CCCC1. The molecular weight excluding hydrogens is 230 g/mol. The summed E-state index contributed by atoms with van der Waals surface area (Å²) in [6.45, 7) is 4.26. The lowest BCUT2D eigenvalue weighted by Gasteiger charge is -2.29. The van der Waals surface area contributed by atoms with Crippen LogP contribution in [0.4, 0.5) is 0 Å². The Balaban J connectivity index is 2.02.